The first kappa shape index (κ1) is 14.5. The van der Waals surface area contributed by atoms with Crippen LogP contribution < -0.4 is 5.32 Å². The van der Waals surface area contributed by atoms with Gasteiger partial charge in [0.1, 0.15) is 6.54 Å². The third kappa shape index (κ3) is 5.18. The van der Waals surface area contributed by atoms with Crippen LogP contribution in [0.15, 0.2) is 12.7 Å². The van der Waals surface area contributed by atoms with E-state index in [2.05, 4.69) is 11.9 Å². The third-order valence-electron chi connectivity index (χ3n) is 2.72. The van der Waals surface area contributed by atoms with Crippen LogP contribution in [-0.4, -0.2) is 54.4 Å². The largest absolute Gasteiger partial charge is 0.480 e. The van der Waals surface area contributed by atoms with Gasteiger partial charge in [-0.1, -0.05) is 6.08 Å². The highest BCUT2D eigenvalue weighted by Crippen LogP contribution is 2.11. The quantitative estimate of drug-likeness (QED) is 0.690. The molecule has 0 aromatic carbocycles. The van der Waals surface area contributed by atoms with Gasteiger partial charge in [-0.15, -0.1) is 6.58 Å². The van der Waals surface area contributed by atoms with Gasteiger partial charge in [-0.25, -0.2) is 4.79 Å². The van der Waals surface area contributed by atoms with Gasteiger partial charge in [0.15, 0.2) is 0 Å². The van der Waals surface area contributed by atoms with E-state index < -0.39 is 12.0 Å². The van der Waals surface area contributed by atoms with E-state index in [-0.39, 0.29) is 19.2 Å². The molecule has 0 bridgehead atoms. The van der Waals surface area contributed by atoms with E-state index in [1.807, 2.05) is 0 Å². The van der Waals surface area contributed by atoms with Crippen LogP contribution in [0, 0.1) is 0 Å². The number of nitrogens with zero attached hydrogens (tertiary/aromatic N) is 1. The van der Waals surface area contributed by atoms with E-state index >= 15 is 0 Å². The zero-order chi connectivity index (χ0) is 13.4. The van der Waals surface area contributed by atoms with Crippen LogP contribution in [-0.2, 0) is 9.53 Å². The molecule has 6 nitrogen and oxygen atoms in total. The van der Waals surface area contributed by atoms with Crippen molar-refractivity contribution in [2.24, 2.45) is 0 Å². The Hall–Kier alpha value is -1.56. The minimum Gasteiger partial charge on any atom is -0.480 e. The number of hydrogen-bond donors (Lipinski definition) is 2. The zero-order valence-corrected chi connectivity index (χ0v) is 10.4. The van der Waals surface area contributed by atoms with Crippen molar-refractivity contribution in [2.75, 3.05) is 26.2 Å². The SMILES string of the molecule is C=CCN(CC(=O)O)C(=O)NCC1CCCCO1. The molecule has 1 unspecified atom stereocenters. The lowest BCUT2D eigenvalue weighted by molar-refractivity contribution is -0.137. The number of amides is 2. The molecule has 6 heteroatoms. The van der Waals surface area contributed by atoms with Gasteiger partial charge in [0, 0.05) is 19.7 Å². The number of carbonyl (C=O) groups excluding carboxylic acids is 1. The first-order chi connectivity index (χ1) is 8.63. The predicted octanol–water partition coefficient (Wildman–Crippen LogP) is 0.838. The smallest absolute Gasteiger partial charge is 0.323 e. The molecule has 1 atom stereocenters. The van der Waals surface area contributed by atoms with Crippen LogP contribution >= 0.6 is 0 Å². The van der Waals surface area contributed by atoms with E-state index in [1.54, 1.807) is 0 Å². The molecule has 0 spiro atoms. The minimum absolute atomic E-state index is 0.0399. The maximum atomic E-state index is 11.8. The highest BCUT2D eigenvalue weighted by molar-refractivity contribution is 5.80. The van der Waals surface area contributed by atoms with Crippen molar-refractivity contribution in [3.05, 3.63) is 12.7 Å². The molecule has 2 amide bonds. The summed E-state index contributed by atoms with van der Waals surface area (Å²) in [6, 6.07) is -0.397. The molecule has 0 aliphatic carbocycles. The number of carboxylic acids is 1. The van der Waals surface area contributed by atoms with Gasteiger partial charge >= 0.3 is 12.0 Å². The molecular formula is C12H20N2O4. The highest BCUT2D eigenvalue weighted by Gasteiger charge is 2.18. The summed E-state index contributed by atoms with van der Waals surface area (Å²) in [5, 5.41) is 11.4. The lowest BCUT2D eigenvalue weighted by Crippen LogP contribution is -2.45. The number of rotatable bonds is 6. The number of urea groups is 1. The molecule has 1 heterocycles. The summed E-state index contributed by atoms with van der Waals surface area (Å²) in [6.45, 7) is 4.53. The summed E-state index contributed by atoms with van der Waals surface area (Å²) >= 11 is 0. The van der Waals surface area contributed by atoms with E-state index in [1.165, 1.54) is 11.0 Å². The third-order valence-corrected chi connectivity index (χ3v) is 2.72. The van der Waals surface area contributed by atoms with Crippen LogP contribution in [0.1, 0.15) is 19.3 Å². The molecule has 0 radical (unpaired) electrons. The summed E-state index contributed by atoms with van der Waals surface area (Å²) in [4.78, 5) is 23.6. The average Bonchev–Trinajstić information content (AvgIpc) is 2.36. The molecule has 1 aliphatic heterocycles. The van der Waals surface area contributed by atoms with Crippen molar-refractivity contribution >= 4 is 12.0 Å². The number of ether oxygens (including phenoxy) is 1. The van der Waals surface area contributed by atoms with Gasteiger partial charge in [0.25, 0.3) is 0 Å². The summed E-state index contributed by atoms with van der Waals surface area (Å²) in [5.74, 6) is -1.04. The molecule has 2 N–H and O–H groups in total. The number of hydrogen-bond acceptors (Lipinski definition) is 3. The maximum absolute atomic E-state index is 11.8. The Kier molecular flexibility index (Phi) is 6.21. The highest BCUT2D eigenvalue weighted by atomic mass is 16.5. The fraction of sp³-hybridized carbons (Fsp3) is 0.667. The molecular weight excluding hydrogens is 236 g/mol. The Balaban J connectivity index is 2.35. The number of carbonyl (C=O) groups is 2. The Bertz CT molecular complexity index is 300. The second kappa shape index (κ2) is 7.71. The second-order valence-corrected chi connectivity index (χ2v) is 4.24. The number of carboxylic acid groups (broad SMARTS) is 1. The second-order valence-electron chi connectivity index (χ2n) is 4.24. The van der Waals surface area contributed by atoms with Crippen molar-refractivity contribution in [1.29, 1.82) is 0 Å². The van der Waals surface area contributed by atoms with Gasteiger partial charge in [-0.05, 0) is 19.3 Å². The Labute approximate surface area is 107 Å². The molecule has 0 aromatic rings. The zero-order valence-electron chi connectivity index (χ0n) is 10.4. The van der Waals surface area contributed by atoms with Crippen molar-refractivity contribution in [2.45, 2.75) is 25.4 Å². The first-order valence-corrected chi connectivity index (χ1v) is 6.10. The standard InChI is InChI=1S/C12H20N2O4/c1-2-6-14(9-11(15)16)12(17)13-8-10-5-3-4-7-18-10/h2,10H,1,3-9H2,(H,13,17)(H,15,16). The monoisotopic (exact) mass is 256 g/mol. The molecule has 102 valence electrons. The Morgan fingerprint density at radius 3 is 2.83 bits per heavy atom. The fourth-order valence-corrected chi connectivity index (χ4v) is 1.82. The normalized spacial score (nSPS) is 19.0. The van der Waals surface area contributed by atoms with E-state index in [4.69, 9.17) is 9.84 Å². The summed E-state index contributed by atoms with van der Waals surface area (Å²) in [7, 11) is 0. The molecule has 1 fully saturated rings. The van der Waals surface area contributed by atoms with Crippen LogP contribution in [0.5, 0.6) is 0 Å². The van der Waals surface area contributed by atoms with Crippen LogP contribution in [0.3, 0.4) is 0 Å². The summed E-state index contributed by atoms with van der Waals surface area (Å²) in [6.07, 6.45) is 4.64. The molecule has 1 saturated heterocycles. The maximum Gasteiger partial charge on any atom is 0.323 e. The van der Waals surface area contributed by atoms with Crippen LogP contribution in [0.25, 0.3) is 0 Å². The van der Waals surface area contributed by atoms with Gasteiger partial charge < -0.3 is 20.1 Å². The molecule has 1 aliphatic rings. The lowest BCUT2D eigenvalue weighted by Gasteiger charge is -2.25. The predicted molar refractivity (Wildman–Crippen MR) is 66.4 cm³/mol. The molecule has 18 heavy (non-hydrogen) atoms. The average molecular weight is 256 g/mol. The van der Waals surface area contributed by atoms with E-state index in [9.17, 15) is 9.59 Å². The van der Waals surface area contributed by atoms with Crippen LogP contribution in [0.4, 0.5) is 4.79 Å². The lowest BCUT2D eigenvalue weighted by atomic mass is 10.1. The van der Waals surface area contributed by atoms with Crippen molar-refractivity contribution in [3.8, 4) is 0 Å². The molecule has 0 aromatic heterocycles. The van der Waals surface area contributed by atoms with E-state index in [0.29, 0.717) is 6.54 Å². The summed E-state index contributed by atoms with van der Waals surface area (Å²) in [5.41, 5.74) is 0. The van der Waals surface area contributed by atoms with E-state index in [0.717, 1.165) is 25.9 Å². The van der Waals surface area contributed by atoms with Gasteiger partial charge in [-0.3, -0.25) is 4.79 Å². The topological polar surface area (TPSA) is 78.9 Å². The number of nitrogens with one attached hydrogen (secondary N) is 1. The van der Waals surface area contributed by atoms with Crippen molar-refractivity contribution in [3.63, 3.8) is 0 Å². The van der Waals surface area contributed by atoms with Gasteiger partial charge in [0.2, 0.25) is 0 Å². The van der Waals surface area contributed by atoms with Gasteiger partial charge in [-0.2, -0.15) is 0 Å². The van der Waals surface area contributed by atoms with Gasteiger partial charge in [0.05, 0.1) is 6.10 Å². The Morgan fingerprint density at radius 2 is 2.28 bits per heavy atom. The number of aliphatic carboxylic acids is 1. The first-order valence-electron chi connectivity index (χ1n) is 6.10. The van der Waals surface area contributed by atoms with Crippen molar-refractivity contribution in [1.82, 2.24) is 10.2 Å². The minimum atomic E-state index is -1.04. The Morgan fingerprint density at radius 1 is 1.50 bits per heavy atom. The summed E-state index contributed by atoms with van der Waals surface area (Å²) < 4.78 is 5.48. The van der Waals surface area contributed by atoms with Crippen molar-refractivity contribution < 1.29 is 19.4 Å². The molecule has 0 saturated carbocycles. The fourth-order valence-electron chi connectivity index (χ4n) is 1.82. The van der Waals surface area contributed by atoms with Crippen LogP contribution in [0.2, 0.25) is 0 Å². The molecule has 1 rings (SSSR count).